The van der Waals surface area contributed by atoms with Crippen molar-refractivity contribution in [2.75, 3.05) is 11.1 Å². The van der Waals surface area contributed by atoms with Crippen LogP contribution in [0, 0.1) is 6.92 Å². The number of aromatic nitrogens is 2. The molecule has 3 rings (SSSR count). The molecule has 0 aliphatic rings. The van der Waals surface area contributed by atoms with Crippen LogP contribution < -0.4 is 10.9 Å². The zero-order valence-corrected chi connectivity index (χ0v) is 17.0. The highest BCUT2D eigenvalue weighted by molar-refractivity contribution is 7.99. The van der Waals surface area contributed by atoms with Gasteiger partial charge in [-0.2, -0.15) is 0 Å². The summed E-state index contributed by atoms with van der Waals surface area (Å²) in [4.78, 5) is 31.6. The summed E-state index contributed by atoms with van der Waals surface area (Å²) in [5.41, 5.74) is 1.71. The van der Waals surface area contributed by atoms with Crippen LogP contribution in [0.1, 0.15) is 17.4 Å². The first-order chi connectivity index (χ1) is 13.0. The Balaban J connectivity index is 1.84. The molecule has 5 nitrogen and oxygen atoms in total. The first kappa shape index (κ1) is 19.4. The van der Waals surface area contributed by atoms with Crippen LogP contribution in [0.4, 0.5) is 5.69 Å². The third-order valence-corrected chi connectivity index (χ3v) is 6.23. The van der Waals surface area contributed by atoms with Crippen molar-refractivity contribution >= 4 is 44.9 Å². The molecular formula is C20H21N3O2S2. The Kier molecular flexibility index (Phi) is 6.13. The van der Waals surface area contributed by atoms with Crippen LogP contribution in [-0.2, 0) is 17.8 Å². The number of carbonyl (C=O) groups is 1. The van der Waals surface area contributed by atoms with E-state index in [1.54, 1.807) is 10.6 Å². The molecule has 2 heterocycles. The summed E-state index contributed by atoms with van der Waals surface area (Å²) in [5, 5.41) is 4.08. The molecule has 1 amide bonds. The average Bonchev–Trinajstić information content (AvgIpc) is 3.08. The number of amides is 1. The number of fused-ring (bicyclic) bond motifs is 1. The van der Waals surface area contributed by atoms with Gasteiger partial charge in [0.2, 0.25) is 5.91 Å². The maximum atomic E-state index is 12.8. The normalized spacial score (nSPS) is 10.9. The minimum Gasteiger partial charge on any atom is -0.325 e. The van der Waals surface area contributed by atoms with Gasteiger partial charge in [-0.25, -0.2) is 4.98 Å². The SMILES string of the molecule is C=CCn1c(SCC(=O)Nc2ccccc2C)nc2sc(CC)cc2c1=O. The smallest absolute Gasteiger partial charge is 0.263 e. The molecule has 0 bridgehead atoms. The molecule has 3 aromatic rings. The number of thiophene rings is 1. The van der Waals surface area contributed by atoms with Crippen molar-refractivity contribution < 1.29 is 4.79 Å². The van der Waals surface area contributed by atoms with E-state index in [1.807, 2.05) is 37.3 Å². The van der Waals surface area contributed by atoms with Gasteiger partial charge in [0.05, 0.1) is 11.1 Å². The van der Waals surface area contributed by atoms with Crippen molar-refractivity contribution in [3.05, 3.63) is 63.8 Å². The molecule has 0 radical (unpaired) electrons. The lowest BCUT2D eigenvalue weighted by Crippen LogP contribution is -2.23. The Morgan fingerprint density at radius 1 is 1.41 bits per heavy atom. The third kappa shape index (κ3) is 4.31. The first-order valence-corrected chi connectivity index (χ1v) is 10.5. The zero-order valence-electron chi connectivity index (χ0n) is 15.3. The van der Waals surface area contributed by atoms with E-state index >= 15 is 0 Å². The molecule has 0 unspecified atom stereocenters. The van der Waals surface area contributed by atoms with Gasteiger partial charge in [0.15, 0.2) is 5.16 Å². The summed E-state index contributed by atoms with van der Waals surface area (Å²) in [6.45, 7) is 8.09. The van der Waals surface area contributed by atoms with Crippen LogP contribution >= 0.6 is 23.1 Å². The second-order valence-electron chi connectivity index (χ2n) is 6.04. The second kappa shape index (κ2) is 8.54. The van der Waals surface area contributed by atoms with Gasteiger partial charge in [0, 0.05) is 17.1 Å². The van der Waals surface area contributed by atoms with Gasteiger partial charge in [-0.15, -0.1) is 17.9 Å². The van der Waals surface area contributed by atoms with E-state index in [2.05, 4.69) is 23.8 Å². The maximum absolute atomic E-state index is 12.8. The van der Waals surface area contributed by atoms with Crippen molar-refractivity contribution in [1.29, 1.82) is 0 Å². The van der Waals surface area contributed by atoms with Crippen LogP contribution in [0.25, 0.3) is 10.2 Å². The standard InChI is InChI=1S/C20H21N3O2S2/c1-4-10-23-19(25)15-11-14(5-2)27-18(15)22-20(23)26-12-17(24)21-16-9-7-6-8-13(16)3/h4,6-9,11H,1,5,10,12H2,2-3H3,(H,21,24). The molecule has 0 aliphatic heterocycles. The van der Waals surface area contributed by atoms with Gasteiger partial charge in [-0.1, -0.05) is 43.0 Å². The second-order valence-corrected chi connectivity index (χ2v) is 8.09. The lowest BCUT2D eigenvalue weighted by atomic mass is 10.2. The average molecular weight is 400 g/mol. The number of allylic oxidation sites excluding steroid dienone is 1. The van der Waals surface area contributed by atoms with E-state index in [9.17, 15) is 9.59 Å². The highest BCUT2D eigenvalue weighted by Gasteiger charge is 2.15. The summed E-state index contributed by atoms with van der Waals surface area (Å²) in [6.07, 6.45) is 2.53. The number of benzene rings is 1. The number of thioether (sulfide) groups is 1. The first-order valence-electron chi connectivity index (χ1n) is 8.66. The van der Waals surface area contributed by atoms with Gasteiger partial charge in [-0.05, 0) is 31.0 Å². The number of nitrogens with one attached hydrogen (secondary N) is 1. The molecule has 0 atom stereocenters. The fourth-order valence-corrected chi connectivity index (χ4v) is 4.47. The molecule has 7 heteroatoms. The molecule has 0 fully saturated rings. The summed E-state index contributed by atoms with van der Waals surface area (Å²) in [7, 11) is 0. The minimum atomic E-state index is -0.130. The highest BCUT2D eigenvalue weighted by atomic mass is 32.2. The zero-order chi connectivity index (χ0) is 19.4. The Bertz CT molecular complexity index is 1050. The predicted molar refractivity (Wildman–Crippen MR) is 114 cm³/mol. The van der Waals surface area contributed by atoms with Crippen LogP contribution in [0.2, 0.25) is 0 Å². The Hall–Kier alpha value is -2.38. The molecule has 140 valence electrons. The quantitative estimate of drug-likeness (QED) is 0.367. The molecule has 0 saturated carbocycles. The molecule has 0 spiro atoms. The molecule has 1 aromatic carbocycles. The van der Waals surface area contributed by atoms with Crippen molar-refractivity contribution in [3.63, 3.8) is 0 Å². The van der Waals surface area contributed by atoms with Crippen LogP contribution in [-0.4, -0.2) is 21.2 Å². The van der Waals surface area contributed by atoms with Crippen LogP contribution in [0.15, 0.2) is 52.9 Å². The number of para-hydroxylation sites is 1. The van der Waals surface area contributed by atoms with E-state index in [0.29, 0.717) is 17.1 Å². The number of hydrogen-bond donors (Lipinski definition) is 1. The minimum absolute atomic E-state index is 0.0855. The summed E-state index contributed by atoms with van der Waals surface area (Å²) >= 11 is 2.79. The van der Waals surface area contributed by atoms with Crippen LogP contribution in [0.3, 0.4) is 0 Å². The molecular weight excluding hydrogens is 378 g/mol. The molecule has 27 heavy (non-hydrogen) atoms. The van der Waals surface area contributed by atoms with Crippen molar-refractivity contribution in [3.8, 4) is 0 Å². The Morgan fingerprint density at radius 2 is 2.19 bits per heavy atom. The monoisotopic (exact) mass is 399 g/mol. The fourth-order valence-electron chi connectivity index (χ4n) is 2.65. The number of anilines is 1. The van der Waals surface area contributed by atoms with E-state index in [-0.39, 0.29) is 17.2 Å². The number of aryl methyl sites for hydroxylation is 2. The van der Waals surface area contributed by atoms with Crippen molar-refractivity contribution in [1.82, 2.24) is 9.55 Å². The van der Waals surface area contributed by atoms with E-state index < -0.39 is 0 Å². The van der Waals surface area contributed by atoms with Crippen LogP contribution in [0.5, 0.6) is 0 Å². The van der Waals surface area contributed by atoms with E-state index in [0.717, 1.165) is 27.4 Å². The summed E-state index contributed by atoms with van der Waals surface area (Å²) in [5.74, 6) is 0.0457. The van der Waals surface area contributed by atoms with Crippen molar-refractivity contribution in [2.24, 2.45) is 0 Å². The summed E-state index contributed by atoms with van der Waals surface area (Å²) < 4.78 is 1.58. The van der Waals surface area contributed by atoms with Gasteiger partial charge in [-0.3, -0.25) is 14.2 Å². The van der Waals surface area contributed by atoms with Gasteiger partial charge in [0.25, 0.3) is 5.56 Å². The van der Waals surface area contributed by atoms with E-state index in [1.165, 1.54) is 23.1 Å². The lowest BCUT2D eigenvalue weighted by molar-refractivity contribution is -0.113. The lowest BCUT2D eigenvalue weighted by Gasteiger charge is -2.11. The molecule has 1 N–H and O–H groups in total. The highest BCUT2D eigenvalue weighted by Crippen LogP contribution is 2.25. The number of rotatable bonds is 7. The van der Waals surface area contributed by atoms with Gasteiger partial charge >= 0.3 is 0 Å². The van der Waals surface area contributed by atoms with Gasteiger partial charge < -0.3 is 5.32 Å². The Morgan fingerprint density at radius 3 is 2.89 bits per heavy atom. The third-order valence-electron chi connectivity index (χ3n) is 4.08. The summed E-state index contributed by atoms with van der Waals surface area (Å²) in [6, 6.07) is 9.54. The fraction of sp³-hybridized carbons (Fsp3) is 0.250. The number of nitrogens with zero attached hydrogens (tertiary/aromatic N) is 2. The topological polar surface area (TPSA) is 64.0 Å². The predicted octanol–water partition coefficient (Wildman–Crippen LogP) is 4.25. The molecule has 0 saturated heterocycles. The van der Waals surface area contributed by atoms with Crippen molar-refractivity contribution in [2.45, 2.75) is 32.0 Å². The maximum Gasteiger partial charge on any atom is 0.263 e. The number of carbonyl (C=O) groups excluding carboxylic acids is 1. The Labute approximate surface area is 166 Å². The number of hydrogen-bond acceptors (Lipinski definition) is 5. The van der Waals surface area contributed by atoms with E-state index in [4.69, 9.17) is 0 Å². The molecule has 0 aliphatic carbocycles. The molecule has 2 aromatic heterocycles. The van der Waals surface area contributed by atoms with Gasteiger partial charge in [0.1, 0.15) is 4.83 Å². The largest absolute Gasteiger partial charge is 0.325 e.